The van der Waals surface area contributed by atoms with Gasteiger partial charge in [0.1, 0.15) is 17.3 Å². The first-order chi connectivity index (χ1) is 14.5. The van der Waals surface area contributed by atoms with Crippen LogP contribution in [0.2, 0.25) is 0 Å². The number of carboxylic acids is 1. The zero-order chi connectivity index (χ0) is 21.0. The van der Waals surface area contributed by atoms with Gasteiger partial charge in [0.15, 0.2) is 0 Å². The molecule has 0 radical (unpaired) electrons. The average Bonchev–Trinajstić information content (AvgIpc) is 2.76. The largest absolute Gasteiger partial charge is 0.481 e. The lowest BCUT2D eigenvalue weighted by molar-refractivity contribution is -0.137. The van der Waals surface area contributed by atoms with Gasteiger partial charge in [-0.05, 0) is 71.7 Å². The molecular weight excluding hydrogens is 399 g/mol. The minimum atomic E-state index is -0.758. The zero-order valence-electron chi connectivity index (χ0n) is 16.5. The van der Waals surface area contributed by atoms with Crippen molar-refractivity contribution in [3.8, 4) is 22.6 Å². The maximum Gasteiger partial charge on any atom is 0.305 e. The summed E-state index contributed by atoms with van der Waals surface area (Å²) in [6, 6.07) is 21.8. The lowest BCUT2D eigenvalue weighted by Crippen LogP contribution is -2.28. The van der Waals surface area contributed by atoms with Crippen LogP contribution in [0.5, 0.6) is 11.5 Å². The first kappa shape index (κ1) is 20.5. The molecule has 0 aliphatic carbocycles. The van der Waals surface area contributed by atoms with Crippen LogP contribution in [0.4, 0.5) is 4.39 Å². The van der Waals surface area contributed by atoms with E-state index in [1.54, 1.807) is 23.9 Å². The predicted octanol–water partition coefficient (Wildman–Crippen LogP) is 6.87. The molecule has 154 valence electrons. The second-order valence-electron chi connectivity index (χ2n) is 7.53. The molecule has 0 aromatic heterocycles. The summed E-state index contributed by atoms with van der Waals surface area (Å²) in [5.74, 6) is 1.40. The van der Waals surface area contributed by atoms with Gasteiger partial charge in [-0.25, -0.2) is 4.39 Å². The molecule has 1 aliphatic rings. The molecule has 0 saturated carbocycles. The van der Waals surface area contributed by atoms with E-state index < -0.39 is 5.97 Å². The van der Waals surface area contributed by atoms with Crippen molar-refractivity contribution >= 4 is 17.7 Å². The molecule has 0 spiro atoms. The monoisotopic (exact) mass is 422 g/mol. The minimum absolute atomic E-state index is 0.142. The molecular formula is C25H23FO3S. The van der Waals surface area contributed by atoms with Crippen molar-refractivity contribution in [3.05, 3.63) is 84.2 Å². The van der Waals surface area contributed by atoms with E-state index in [1.807, 2.05) is 48.5 Å². The van der Waals surface area contributed by atoms with Gasteiger partial charge < -0.3 is 9.84 Å². The van der Waals surface area contributed by atoms with E-state index in [2.05, 4.69) is 0 Å². The third kappa shape index (κ3) is 4.68. The standard InChI is InChI=1S/C25H23FO3S/c26-21-9-3-18(4-10-21)19-5-11-22(12-6-19)29-23-13-7-20(8-14-23)25(17-24(27)28)15-1-2-16-30-25/h3-14H,1-2,15-17H2,(H,27,28). The van der Waals surface area contributed by atoms with Crippen LogP contribution in [0.15, 0.2) is 72.8 Å². The number of carboxylic acid groups (broad SMARTS) is 1. The van der Waals surface area contributed by atoms with Crippen LogP contribution in [-0.2, 0) is 9.54 Å². The molecule has 0 amide bonds. The van der Waals surface area contributed by atoms with E-state index >= 15 is 0 Å². The molecule has 1 atom stereocenters. The lowest BCUT2D eigenvalue weighted by Gasteiger charge is -2.36. The molecule has 0 bridgehead atoms. The number of hydrogen-bond donors (Lipinski definition) is 1. The highest BCUT2D eigenvalue weighted by Gasteiger charge is 2.37. The van der Waals surface area contributed by atoms with Crippen LogP contribution in [0.25, 0.3) is 11.1 Å². The summed E-state index contributed by atoms with van der Waals surface area (Å²) in [6.45, 7) is 0. The molecule has 3 aromatic rings. The van der Waals surface area contributed by atoms with Crippen LogP contribution < -0.4 is 4.74 Å². The van der Waals surface area contributed by atoms with Crippen molar-refractivity contribution < 1.29 is 19.0 Å². The summed E-state index contributed by atoms with van der Waals surface area (Å²) in [5.41, 5.74) is 2.98. The van der Waals surface area contributed by atoms with Gasteiger partial charge in [0.05, 0.1) is 11.2 Å². The number of halogens is 1. The maximum absolute atomic E-state index is 13.1. The Morgan fingerprint density at radius 3 is 2.00 bits per heavy atom. The second kappa shape index (κ2) is 8.92. The molecule has 1 fully saturated rings. The molecule has 1 saturated heterocycles. The van der Waals surface area contributed by atoms with Crippen molar-refractivity contribution in [1.82, 2.24) is 0 Å². The molecule has 1 aliphatic heterocycles. The molecule has 4 rings (SSSR count). The van der Waals surface area contributed by atoms with Crippen LogP contribution in [0, 0.1) is 5.82 Å². The van der Waals surface area contributed by atoms with Gasteiger partial charge in [-0.15, -0.1) is 11.8 Å². The van der Waals surface area contributed by atoms with Crippen LogP contribution in [0.3, 0.4) is 0 Å². The summed E-state index contributed by atoms with van der Waals surface area (Å²) < 4.78 is 18.7. The second-order valence-corrected chi connectivity index (χ2v) is 9.01. The summed E-state index contributed by atoms with van der Waals surface area (Å²) >= 11 is 1.76. The van der Waals surface area contributed by atoms with Gasteiger partial charge in [-0.2, -0.15) is 0 Å². The predicted molar refractivity (Wildman–Crippen MR) is 119 cm³/mol. The highest BCUT2D eigenvalue weighted by Crippen LogP contribution is 2.48. The number of rotatable bonds is 6. The zero-order valence-corrected chi connectivity index (χ0v) is 17.3. The Hall–Kier alpha value is -2.79. The fourth-order valence-electron chi connectivity index (χ4n) is 3.89. The third-order valence-electron chi connectivity index (χ3n) is 5.44. The Kier molecular flexibility index (Phi) is 6.09. The van der Waals surface area contributed by atoms with E-state index in [0.717, 1.165) is 41.7 Å². The Balaban J connectivity index is 1.48. The Morgan fingerprint density at radius 2 is 1.47 bits per heavy atom. The maximum atomic E-state index is 13.1. The molecule has 1 unspecified atom stereocenters. The number of ether oxygens (including phenoxy) is 1. The van der Waals surface area contributed by atoms with Crippen LogP contribution in [-0.4, -0.2) is 16.8 Å². The van der Waals surface area contributed by atoms with Gasteiger partial charge in [0.25, 0.3) is 0 Å². The molecule has 1 heterocycles. The van der Waals surface area contributed by atoms with Crippen molar-refractivity contribution in [2.45, 2.75) is 30.4 Å². The molecule has 3 aromatic carbocycles. The number of thioether (sulfide) groups is 1. The highest BCUT2D eigenvalue weighted by atomic mass is 32.2. The SMILES string of the molecule is O=C(O)CC1(c2ccc(Oc3ccc(-c4ccc(F)cc4)cc3)cc2)CCCCS1. The Morgan fingerprint density at radius 1 is 0.900 bits per heavy atom. The molecule has 1 N–H and O–H groups in total. The molecule has 3 nitrogen and oxygen atoms in total. The van der Waals surface area contributed by atoms with E-state index in [9.17, 15) is 14.3 Å². The van der Waals surface area contributed by atoms with Crippen molar-refractivity contribution in [2.24, 2.45) is 0 Å². The van der Waals surface area contributed by atoms with E-state index in [4.69, 9.17) is 4.74 Å². The quantitative estimate of drug-likeness (QED) is 0.471. The van der Waals surface area contributed by atoms with Crippen molar-refractivity contribution in [2.75, 3.05) is 5.75 Å². The third-order valence-corrected chi connectivity index (χ3v) is 7.07. The topological polar surface area (TPSA) is 46.5 Å². The number of hydrogen-bond acceptors (Lipinski definition) is 3. The van der Waals surface area contributed by atoms with Gasteiger partial charge >= 0.3 is 5.97 Å². The fourth-order valence-corrected chi connectivity index (χ4v) is 5.44. The van der Waals surface area contributed by atoms with Crippen LogP contribution in [0.1, 0.15) is 31.2 Å². The Labute approximate surface area is 179 Å². The highest BCUT2D eigenvalue weighted by molar-refractivity contribution is 8.00. The van der Waals surface area contributed by atoms with E-state index in [1.165, 1.54) is 12.1 Å². The van der Waals surface area contributed by atoms with Crippen LogP contribution >= 0.6 is 11.8 Å². The molecule has 30 heavy (non-hydrogen) atoms. The lowest BCUT2D eigenvalue weighted by atomic mass is 9.89. The number of aliphatic carboxylic acids is 1. The number of carbonyl (C=O) groups is 1. The summed E-state index contributed by atoms with van der Waals surface area (Å²) in [7, 11) is 0. The number of benzene rings is 3. The van der Waals surface area contributed by atoms with Gasteiger partial charge in [0.2, 0.25) is 0 Å². The summed E-state index contributed by atoms with van der Waals surface area (Å²) in [4.78, 5) is 11.4. The van der Waals surface area contributed by atoms with Gasteiger partial charge in [-0.1, -0.05) is 42.8 Å². The van der Waals surface area contributed by atoms with Gasteiger partial charge in [0, 0.05) is 0 Å². The van der Waals surface area contributed by atoms with Crippen molar-refractivity contribution in [1.29, 1.82) is 0 Å². The average molecular weight is 423 g/mol. The van der Waals surface area contributed by atoms with Crippen molar-refractivity contribution in [3.63, 3.8) is 0 Å². The minimum Gasteiger partial charge on any atom is -0.481 e. The fraction of sp³-hybridized carbons (Fsp3) is 0.240. The Bertz CT molecular complexity index is 992. The first-order valence-corrected chi connectivity index (χ1v) is 11.0. The first-order valence-electron chi connectivity index (χ1n) is 10.0. The summed E-state index contributed by atoms with van der Waals surface area (Å²) in [5, 5.41) is 9.40. The normalized spacial score (nSPS) is 18.7. The van der Waals surface area contributed by atoms with E-state index in [-0.39, 0.29) is 17.0 Å². The van der Waals surface area contributed by atoms with E-state index in [0.29, 0.717) is 11.5 Å². The van der Waals surface area contributed by atoms with Gasteiger partial charge in [-0.3, -0.25) is 4.79 Å². The summed E-state index contributed by atoms with van der Waals surface area (Å²) in [6.07, 6.45) is 3.22. The molecule has 5 heteroatoms. The smallest absolute Gasteiger partial charge is 0.305 e.